The number of nitrogens with zero attached hydrogens (tertiary/aromatic N) is 1. The van der Waals surface area contributed by atoms with Crippen molar-refractivity contribution in [3.05, 3.63) is 23.8 Å². The predicted octanol–water partition coefficient (Wildman–Crippen LogP) is 1.56. The molecular formula is C13H18F2N2O2S. The summed E-state index contributed by atoms with van der Waals surface area (Å²) in [6.07, 6.45) is 0. The van der Waals surface area contributed by atoms with E-state index < -0.39 is 31.6 Å². The standard InChI is InChI=1S/C13H18F2N2O2S/c1-9(2)20(18,19)11-4-3-10(12(14)13(11)15)17-7-5-16-6-8-17/h3-4,9,16H,5-8H2,1-2H3. The van der Waals surface area contributed by atoms with Crippen molar-refractivity contribution in [2.75, 3.05) is 31.1 Å². The Kier molecular flexibility index (Phi) is 4.29. The first-order valence-corrected chi connectivity index (χ1v) is 8.08. The maximum Gasteiger partial charge on any atom is 0.183 e. The van der Waals surface area contributed by atoms with E-state index in [1.807, 2.05) is 0 Å². The molecule has 1 saturated heterocycles. The van der Waals surface area contributed by atoms with Gasteiger partial charge in [-0.15, -0.1) is 0 Å². The first-order chi connectivity index (χ1) is 9.35. The van der Waals surface area contributed by atoms with Gasteiger partial charge in [-0.1, -0.05) is 0 Å². The highest BCUT2D eigenvalue weighted by Crippen LogP contribution is 2.28. The van der Waals surface area contributed by atoms with Crippen molar-refractivity contribution < 1.29 is 17.2 Å². The van der Waals surface area contributed by atoms with Crippen LogP contribution in [0, 0.1) is 11.6 Å². The van der Waals surface area contributed by atoms with Gasteiger partial charge in [-0.3, -0.25) is 0 Å². The Morgan fingerprint density at radius 3 is 2.30 bits per heavy atom. The fourth-order valence-electron chi connectivity index (χ4n) is 2.15. The Balaban J connectivity index is 2.44. The zero-order chi connectivity index (χ0) is 14.9. The summed E-state index contributed by atoms with van der Waals surface area (Å²) in [6, 6.07) is 2.50. The van der Waals surface area contributed by atoms with E-state index >= 15 is 0 Å². The van der Waals surface area contributed by atoms with Gasteiger partial charge in [0.1, 0.15) is 4.90 Å². The van der Waals surface area contributed by atoms with Crippen molar-refractivity contribution in [2.24, 2.45) is 0 Å². The number of hydrogen-bond donors (Lipinski definition) is 1. The Labute approximate surface area is 117 Å². The van der Waals surface area contributed by atoms with Crippen molar-refractivity contribution >= 4 is 15.5 Å². The zero-order valence-corrected chi connectivity index (χ0v) is 12.3. The molecule has 1 aromatic rings. The molecule has 0 amide bonds. The van der Waals surface area contributed by atoms with Crippen LogP contribution in [0.25, 0.3) is 0 Å². The fourth-order valence-corrected chi connectivity index (χ4v) is 3.25. The SMILES string of the molecule is CC(C)S(=O)(=O)c1ccc(N2CCNCC2)c(F)c1F. The van der Waals surface area contributed by atoms with Crippen LogP contribution in [0.1, 0.15) is 13.8 Å². The van der Waals surface area contributed by atoms with E-state index in [1.54, 1.807) is 4.90 Å². The molecule has 0 aromatic heterocycles. The van der Waals surface area contributed by atoms with E-state index in [2.05, 4.69) is 5.32 Å². The van der Waals surface area contributed by atoms with Gasteiger partial charge in [0.25, 0.3) is 0 Å². The van der Waals surface area contributed by atoms with E-state index in [-0.39, 0.29) is 5.69 Å². The molecule has 1 heterocycles. The van der Waals surface area contributed by atoms with Crippen LogP contribution in [0.2, 0.25) is 0 Å². The van der Waals surface area contributed by atoms with Crippen LogP contribution in [0.3, 0.4) is 0 Å². The predicted molar refractivity (Wildman–Crippen MR) is 73.8 cm³/mol. The molecule has 20 heavy (non-hydrogen) atoms. The average Bonchev–Trinajstić information content (AvgIpc) is 2.42. The van der Waals surface area contributed by atoms with Crippen molar-refractivity contribution in [3.63, 3.8) is 0 Å². The molecule has 1 aliphatic rings. The molecule has 1 aliphatic heterocycles. The number of hydrogen-bond acceptors (Lipinski definition) is 4. The van der Waals surface area contributed by atoms with Crippen LogP contribution in [0.5, 0.6) is 0 Å². The molecule has 0 radical (unpaired) electrons. The molecule has 0 atom stereocenters. The maximum atomic E-state index is 14.1. The molecule has 0 bridgehead atoms. The summed E-state index contributed by atoms with van der Waals surface area (Å²) < 4.78 is 52.1. The average molecular weight is 304 g/mol. The third-order valence-corrected chi connectivity index (χ3v) is 5.58. The number of anilines is 1. The first-order valence-electron chi connectivity index (χ1n) is 6.53. The lowest BCUT2D eigenvalue weighted by Gasteiger charge is -2.30. The first kappa shape index (κ1) is 15.2. The summed E-state index contributed by atoms with van der Waals surface area (Å²) >= 11 is 0. The van der Waals surface area contributed by atoms with Crippen molar-refractivity contribution in [3.8, 4) is 0 Å². The molecule has 2 rings (SSSR count). The van der Waals surface area contributed by atoms with Crippen molar-refractivity contribution in [1.29, 1.82) is 0 Å². The highest BCUT2D eigenvalue weighted by atomic mass is 32.2. The maximum absolute atomic E-state index is 14.1. The minimum absolute atomic E-state index is 0.117. The van der Waals surface area contributed by atoms with E-state index in [0.717, 1.165) is 6.07 Å². The van der Waals surface area contributed by atoms with Crippen LogP contribution in [-0.4, -0.2) is 39.8 Å². The molecule has 112 valence electrons. The van der Waals surface area contributed by atoms with Crippen molar-refractivity contribution in [1.82, 2.24) is 5.32 Å². The third-order valence-electron chi connectivity index (χ3n) is 3.41. The van der Waals surface area contributed by atoms with Crippen LogP contribution < -0.4 is 10.2 Å². The van der Waals surface area contributed by atoms with Gasteiger partial charge in [-0.2, -0.15) is 0 Å². The van der Waals surface area contributed by atoms with Gasteiger partial charge in [0, 0.05) is 26.2 Å². The lowest BCUT2D eigenvalue weighted by atomic mass is 10.2. The molecule has 1 aromatic carbocycles. The molecule has 0 aliphatic carbocycles. The van der Waals surface area contributed by atoms with Gasteiger partial charge >= 0.3 is 0 Å². The highest BCUT2D eigenvalue weighted by Gasteiger charge is 2.28. The molecule has 0 spiro atoms. The number of piperazine rings is 1. The van der Waals surface area contributed by atoms with E-state index in [9.17, 15) is 17.2 Å². The van der Waals surface area contributed by atoms with Gasteiger partial charge in [-0.25, -0.2) is 17.2 Å². The van der Waals surface area contributed by atoms with E-state index in [1.165, 1.54) is 19.9 Å². The summed E-state index contributed by atoms with van der Waals surface area (Å²) in [5, 5.41) is 2.33. The van der Waals surface area contributed by atoms with Crippen LogP contribution in [-0.2, 0) is 9.84 Å². The molecule has 4 nitrogen and oxygen atoms in total. The topological polar surface area (TPSA) is 49.4 Å². The number of benzene rings is 1. The van der Waals surface area contributed by atoms with Crippen LogP contribution in [0.4, 0.5) is 14.5 Å². The second-order valence-electron chi connectivity index (χ2n) is 5.04. The number of halogens is 2. The Hall–Kier alpha value is -1.21. The quantitative estimate of drug-likeness (QED) is 0.920. The second-order valence-corrected chi connectivity index (χ2v) is 7.51. The normalized spacial score (nSPS) is 16.8. The minimum atomic E-state index is -3.82. The number of nitrogens with one attached hydrogen (secondary N) is 1. The molecule has 0 saturated carbocycles. The summed E-state index contributed by atoms with van der Waals surface area (Å²) in [5.41, 5.74) is 0.117. The molecule has 0 unspecified atom stereocenters. The Morgan fingerprint density at radius 2 is 1.75 bits per heavy atom. The summed E-state index contributed by atoms with van der Waals surface area (Å²) in [6.45, 7) is 5.38. The monoisotopic (exact) mass is 304 g/mol. The molecule has 1 N–H and O–H groups in total. The minimum Gasteiger partial charge on any atom is -0.367 e. The molecule has 7 heteroatoms. The van der Waals surface area contributed by atoms with Gasteiger partial charge in [0.2, 0.25) is 0 Å². The van der Waals surface area contributed by atoms with Crippen molar-refractivity contribution in [2.45, 2.75) is 24.0 Å². The number of rotatable bonds is 3. The zero-order valence-electron chi connectivity index (χ0n) is 11.5. The van der Waals surface area contributed by atoms with Crippen LogP contribution >= 0.6 is 0 Å². The fraction of sp³-hybridized carbons (Fsp3) is 0.538. The summed E-state index contributed by atoms with van der Waals surface area (Å²) in [5.74, 6) is -2.37. The van der Waals surface area contributed by atoms with E-state index in [4.69, 9.17) is 0 Å². The van der Waals surface area contributed by atoms with Gasteiger partial charge in [-0.05, 0) is 26.0 Å². The van der Waals surface area contributed by atoms with Gasteiger partial charge in [0.15, 0.2) is 21.5 Å². The van der Waals surface area contributed by atoms with E-state index in [0.29, 0.717) is 26.2 Å². The second kappa shape index (κ2) is 5.65. The summed E-state index contributed by atoms with van der Waals surface area (Å²) in [4.78, 5) is 1.14. The Morgan fingerprint density at radius 1 is 1.15 bits per heavy atom. The third kappa shape index (κ3) is 2.64. The Bertz CT molecular complexity index is 597. The smallest absolute Gasteiger partial charge is 0.183 e. The van der Waals surface area contributed by atoms with Gasteiger partial charge in [0.05, 0.1) is 10.9 Å². The largest absolute Gasteiger partial charge is 0.367 e. The summed E-state index contributed by atoms with van der Waals surface area (Å²) in [7, 11) is -3.82. The van der Waals surface area contributed by atoms with Crippen LogP contribution in [0.15, 0.2) is 17.0 Å². The highest BCUT2D eigenvalue weighted by molar-refractivity contribution is 7.92. The molecular weight excluding hydrogens is 286 g/mol. The van der Waals surface area contributed by atoms with Gasteiger partial charge < -0.3 is 10.2 Å². The number of sulfone groups is 1. The molecule has 1 fully saturated rings. The lowest BCUT2D eigenvalue weighted by Crippen LogP contribution is -2.44. The lowest BCUT2D eigenvalue weighted by molar-refractivity contribution is 0.478.